The molecule has 0 aliphatic carbocycles. The third kappa shape index (κ3) is 6.32. The van der Waals surface area contributed by atoms with Crippen molar-refractivity contribution in [2.75, 3.05) is 39.2 Å². The summed E-state index contributed by atoms with van der Waals surface area (Å²) in [4.78, 5) is 4.18. The zero-order valence-electron chi connectivity index (χ0n) is 13.0. The molecule has 114 valence electrons. The smallest absolute Gasteiger partial charge is 0.0976 e. The second-order valence-corrected chi connectivity index (χ2v) is 5.25. The van der Waals surface area contributed by atoms with Gasteiger partial charge in [-0.15, -0.1) is 0 Å². The Labute approximate surface area is 122 Å². The molecule has 5 nitrogen and oxygen atoms in total. The van der Waals surface area contributed by atoms with Gasteiger partial charge in [0.1, 0.15) is 0 Å². The summed E-state index contributed by atoms with van der Waals surface area (Å²) >= 11 is 0. The molecule has 0 aliphatic rings. The molecule has 1 heterocycles. The minimum atomic E-state index is 0.0386. The van der Waals surface area contributed by atoms with E-state index in [0.717, 1.165) is 18.8 Å². The van der Waals surface area contributed by atoms with Crippen LogP contribution in [0, 0.1) is 5.92 Å². The highest BCUT2D eigenvalue weighted by Crippen LogP contribution is 2.13. The van der Waals surface area contributed by atoms with E-state index < -0.39 is 0 Å². The van der Waals surface area contributed by atoms with Crippen molar-refractivity contribution < 1.29 is 9.47 Å². The van der Waals surface area contributed by atoms with Gasteiger partial charge in [0.15, 0.2) is 0 Å². The number of rotatable bonds is 10. The van der Waals surface area contributed by atoms with Crippen LogP contribution in [0.3, 0.4) is 0 Å². The fourth-order valence-corrected chi connectivity index (χ4v) is 1.85. The first-order valence-corrected chi connectivity index (χ1v) is 7.06. The molecule has 5 heteroatoms. The van der Waals surface area contributed by atoms with Crippen LogP contribution in [0.1, 0.15) is 19.4 Å². The highest BCUT2D eigenvalue weighted by Gasteiger charge is 2.08. The zero-order chi connectivity index (χ0) is 14.8. The van der Waals surface area contributed by atoms with Crippen LogP contribution in [-0.2, 0) is 16.0 Å². The molecule has 0 saturated carbocycles. The highest BCUT2D eigenvalue weighted by molar-refractivity contribution is 5.48. The fourth-order valence-electron chi connectivity index (χ4n) is 1.85. The standard InChI is InChI=1S/C15H27N3O2/c1-12(2)7-17-8-13-5-6-16-10-15(13)18-9-14(20-4)11-19-3/h5-6,10,12,14,17-18H,7-9,11H2,1-4H3. The van der Waals surface area contributed by atoms with Crippen LogP contribution in [0.5, 0.6) is 0 Å². The number of hydrogen-bond donors (Lipinski definition) is 2. The van der Waals surface area contributed by atoms with Crippen molar-refractivity contribution in [3.63, 3.8) is 0 Å². The van der Waals surface area contributed by atoms with Gasteiger partial charge in [0.25, 0.3) is 0 Å². The van der Waals surface area contributed by atoms with Gasteiger partial charge in [0.2, 0.25) is 0 Å². The number of nitrogens with one attached hydrogen (secondary N) is 2. The number of methoxy groups -OCH3 is 2. The predicted molar refractivity (Wildman–Crippen MR) is 81.9 cm³/mol. The Morgan fingerprint density at radius 1 is 1.25 bits per heavy atom. The van der Waals surface area contributed by atoms with Gasteiger partial charge in [0, 0.05) is 33.5 Å². The third-order valence-electron chi connectivity index (χ3n) is 2.99. The van der Waals surface area contributed by atoms with Crippen molar-refractivity contribution in [2.45, 2.75) is 26.5 Å². The maximum absolute atomic E-state index is 5.34. The second kappa shape index (κ2) is 9.69. The maximum atomic E-state index is 5.34. The summed E-state index contributed by atoms with van der Waals surface area (Å²) in [6.07, 6.45) is 3.71. The maximum Gasteiger partial charge on any atom is 0.0976 e. The average molecular weight is 281 g/mol. The summed E-state index contributed by atoms with van der Waals surface area (Å²) in [6.45, 7) is 7.52. The van der Waals surface area contributed by atoms with Crippen molar-refractivity contribution in [3.8, 4) is 0 Å². The molecule has 0 radical (unpaired) electrons. The molecule has 1 aromatic heterocycles. The molecule has 1 atom stereocenters. The summed E-state index contributed by atoms with van der Waals surface area (Å²) in [6, 6.07) is 2.04. The van der Waals surface area contributed by atoms with Crippen LogP contribution >= 0.6 is 0 Å². The largest absolute Gasteiger partial charge is 0.382 e. The molecule has 20 heavy (non-hydrogen) atoms. The molecule has 0 aliphatic heterocycles. The minimum Gasteiger partial charge on any atom is -0.382 e. The predicted octanol–water partition coefficient (Wildman–Crippen LogP) is 1.90. The van der Waals surface area contributed by atoms with E-state index in [1.54, 1.807) is 14.2 Å². The number of pyridine rings is 1. The van der Waals surface area contributed by atoms with Crippen LogP contribution in [0.15, 0.2) is 18.5 Å². The molecule has 1 unspecified atom stereocenters. The molecule has 0 aromatic carbocycles. The Kier molecular flexibility index (Phi) is 8.18. The topological polar surface area (TPSA) is 55.4 Å². The van der Waals surface area contributed by atoms with Gasteiger partial charge in [0.05, 0.1) is 24.6 Å². The van der Waals surface area contributed by atoms with Gasteiger partial charge in [-0.25, -0.2) is 0 Å². The first-order valence-electron chi connectivity index (χ1n) is 7.06. The molecule has 0 saturated heterocycles. The van der Waals surface area contributed by atoms with Crippen LogP contribution < -0.4 is 10.6 Å². The number of aromatic nitrogens is 1. The Hall–Kier alpha value is -1.17. The van der Waals surface area contributed by atoms with Gasteiger partial charge in [-0.05, 0) is 24.1 Å². The van der Waals surface area contributed by atoms with Crippen LogP contribution in [0.4, 0.5) is 5.69 Å². The monoisotopic (exact) mass is 281 g/mol. The van der Waals surface area contributed by atoms with Gasteiger partial charge < -0.3 is 20.1 Å². The van der Waals surface area contributed by atoms with Crippen molar-refractivity contribution in [2.24, 2.45) is 5.92 Å². The lowest BCUT2D eigenvalue weighted by molar-refractivity contribution is 0.0365. The van der Waals surface area contributed by atoms with Crippen molar-refractivity contribution >= 4 is 5.69 Å². The summed E-state index contributed by atoms with van der Waals surface area (Å²) in [5.74, 6) is 0.646. The summed E-state index contributed by atoms with van der Waals surface area (Å²) < 4.78 is 10.5. The second-order valence-electron chi connectivity index (χ2n) is 5.25. The lowest BCUT2D eigenvalue weighted by atomic mass is 10.2. The molecule has 0 fully saturated rings. The minimum absolute atomic E-state index is 0.0386. The van der Waals surface area contributed by atoms with E-state index in [-0.39, 0.29) is 6.10 Å². The van der Waals surface area contributed by atoms with Gasteiger partial charge in [-0.2, -0.15) is 0 Å². The van der Waals surface area contributed by atoms with Crippen molar-refractivity contribution in [1.82, 2.24) is 10.3 Å². The first kappa shape index (κ1) is 16.9. The van der Waals surface area contributed by atoms with Crippen molar-refractivity contribution in [3.05, 3.63) is 24.0 Å². The normalized spacial score (nSPS) is 12.7. The zero-order valence-corrected chi connectivity index (χ0v) is 13.0. The molecule has 0 spiro atoms. The van der Waals surface area contributed by atoms with Crippen LogP contribution in [0.25, 0.3) is 0 Å². The number of nitrogens with zero attached hydrogens (tertiary/aromatic N) is 1. The fraction of sp³-hybridized carbons (Fsp3) is 0.667. The Bertz CT molecular complexity index is 372. The lowest BCUT2D eigenvalue weighted by Crippen LogP contribution is -2.27. The lowest BCUT2D eigenvalue weighted by Gasteiger charge is -2.18. The van der Waals surface area contributed by atoms with E-state index in [4.69, 9.17) is 9.47 Å². The Balaban J connectivity index is 2.51. The van der Waals surface area contributed by atoms with E-state index in [1.807, 2.05) is 18.5 Å². The molecule has 1 aromatic rings. The number of ether oxygens (including phenoxy) is 2. The molecule has 2 N–H and O–H groups in total. The molecule has 1 rings (SSSR count). The van der Waals surface area contributed by atoms with Crippen molar-refractivity contribution in [1.29, 1.82) is 0 Å². The van der Waals surface area contributed by atoms with E-state index >= 15 is 0 Å². The average Bonchev–Trinajstić information content (AvgIpc) is 2.44. The highest BCUT2D eigenvalue weighted by atomic mass is 16.5. The number of anilines is 1. The summed E-state index contributed by atoms with van der Waals surface area (Å²) in [5.41, 5.74) is 2.26. The molecule has 0 bridgehead atoms. The summed E-state index contributed by atoms with van der Waals surface area (Å²) in [7, 11) is 3.37. The van der Waals surface area contributed by atoms with Crippen LogP contribution in [-0.4, -0.2) is 45.0 Å². The van der Waals surface area contributed by atoms with E-state index in [9.17, 15) is 0 Å². The first-order chi connectivity index (χ1) is 9.67. The van der Waals surface area contributed by atoms with Gasteiger partial charge in [-0.3, -0.25) is 4.98 Å². The number of hydrogen-bond acceptors (Lipinski definition) is 5. The summed E-state index contributed by atoms with van der Waals surface area (Å²) in [5, 5.41) is 6.82. The van der Waals surface area contributed by atoms with Crippen LogP contribution in [0.2, 0.25) is 0 Å². The van der Waals surface area contributed by atoms with Gasteiger partial charge in [-0.1, -0.05) is 13.8 Å². The Morgan fingerprint density at radius 2 is 2.05 bits per heavy atom. The molecule has 0 amide bonds. The molecular weight excluding hydrogens is 254 g/mol. The molecular formula is C15H27N3O2. The SMILES string of the molecule is COCC(CNc1cnccc1CNCC(C)C)OC. The van der Waals surface area contributed by atoms with E-state index in [2.05, 4.69) is 29.5 Å². The quantitative estimate of drug-likeness (QED) is 0.686. The third-order valence-corrected chi connectivity index (χ3v) is 2.99. The van der Waals surface area contributed by atoms with E-state index in [1.165, 1.54) is 5.56 Å². The van der Waals surface area contributed by atoms with Gasteiger partial charge >= 0.3 is 0 Å². The Morgan fingerprint density at radius 3 is 2.70 bits per heavy atom. The van der Waals surface area contributed by atoms with E-state index in [0.29, 0.717) is 19.1 Å².